The third-order valence-electron chi connectivity index (χ3n) is 2.94. The molecule has 2 amide bonds. The number of nitrogens with one attached hydrogen (secondary N) is 3. The van der Waals surface area contributed by atoms with Gasteiger partial charge in [0.15, 0.2) is 5.82 Å². The Kier molecular flexibility index (Phi) is 5.85. The second kappa shape index (κ2) is 8.06. The highest BCUT2D eigenvalue weighted by Gasteiger charge is 2.08. The van der Waals surface area contributed by atoms with Crippen LogP contribution in [-0.4, -0.2) is 53.1 Å². The van der Waals surface area contributed by atoms with Gasteiger partial charge in [0.05, 0.1) is 12.4 Å². The topological polar surface area (TPSA) is 112 Å². The molecule has 0 unspecified atom stereocenters. The van der Waals surface area contributed by atoms with Crippen LogP contribution in [0.25, 0.3) is 0 Å². The number of pyridine rings is 1. The van der Waals surface area contributed by atoms with Crippen LogP contribution in [0.5, 0.6) is 5.88 Å². The van der Waals surface area contributed by atoms with E-state index in [1.807, 2.05) is 19.0 Å². The van der Waals surface area contributed by atoms with Crippen LogP contribution < -0.4 is 20.9 Å². The quantitative estimate of drug-likeness (QED) is 0.729. The van der Waals surface area contributed by atoms with Gasteiger partial charge in [-0.25, -0.2) is 4.79 Å². The number of aryl methyl sites for hydroxylation is 1. The lowest BCUT2D eigenvalue weighted by atomic mass is 10.3. The molecule has 2 rings (SSSR count). The Morgan fingerprint density at radius 1 is 1.33 bits per heavy atom. The summed E-state index contributed by atoms with van der Waals surface area (Å²) in [7, 11) is 3.87. The molecule has 0 aromatic carbocycles. The minimum atomic E-state index is -0.592. The molecule has 3 N–H and O–H groups in total. The Balaban J connectivity index is 1.96. The molecule has 0 spiro atoms. The summed E-state index contributed by atoms with van der Waals surface area (Å²) in [4.78, 5) is 36.2. The molecular weight excluding hydrogens is 312 g/mol. The molecule has 0 radical (unpaired) electrons. The van der Waals surface area contributed by atoms with Crippen LogP contribution in [-0.2, 0) is 0 Å². The van der Waals surface area contributed by atoms with Gasteiger partial charge in [0.2, 0.25) is 5.88 Å². The van der Waals surface area contributed by atoms with Crippen LogP contribution >= 0.6 is 0 Å². The first-order chi connectivity index (χ1) is 11.4. The molecule has 9 heteroatoms. The first-order valence-corrected chi connectivity index (χ1v) is 7.31. The predicted octanol–water partition coefficient (Wildman–Crippen LogP) is 1.06. The van der Waals surface area contributed by atoms with E-state index >= 15 is 0 Å². The van der Waals surface area contributed by atoms with E-state index in [2.05, 4.69) is 25.6 Å². The number of amides is 2. The van der Waals surface area contributed by atoms with E-state index in [9.17, 15) is 9.59 Å². The van der Waals surface area contributed by atoms with Crippen molar-refractivity contribution in [1.82, 2.24) is 19.9 Å². The normalized spacial score (nSPS) is 10.5. The van der Waals surface area contributed by atoms with Crippen LogP contribution in [0.3, 0.4) is 0 Å². The average Bonchev–Trinajstić information content (AvgIpc) is 2.51. The van der Waals surface area contributed by atoms with E-state index < -0.39 is 6.03 Å². The number of likely N-dealkylation sites (N-methyl/N-ethyl adjacent to an activating group) is 1. The number of H-pyrrole nitrogens is 1. The fraction of sp³-hybridized carbons (Fsp3) is 0.333. The lowest BCUT2D eigenvalue weighted by Crippen LogP contribution is -2.25. The Bertz CT molecular complexity index is 759. The highest BCUT2D eigenvalue weighted by atomic mass is 16.5. The van der Waals surface area contributed by atoms with E-state index in [-0.39, 0.29) is 17.1 Å². The van der Waals surface area contributed by atoms with Crippen LogP contribution in [0.2, 0.25) is 0 Å². The van der Waals surface area contributed by atoms with Gasteiger partial charge in [-0.15, -0.1) is 0 Å². The maximum absolute atomic E-state index is 12.0. The SMILES string of the molecule is Cc1c[nH]c(=O)c(NC(=O)Nc2cncc(OCCN(C)C)n2)c1. The zero-order valence-electron chi connectivity index (χ0n) is 13.8. The number of aromatic amines is 1. The van der Waals surface area contributed by atoms with Crippen molar-refractivity contribution >= 4 is 17.5 Å². The number of carbonyl (C=O) groups excluding carboxylic acids is 1. The average molecular weight is 332 g/mol. The van der Waals surface area contributed by atoms with Crippen LogP contribution in [0.15, 0.2) is 29.5 Å². The van der Waals surface area contributed by atoms with Crippen LogP contribution in [0.1, 0.15) is 5.56 Å². The molecule has 0 aliphatic carbocycles. The summed E-state index contributed by atoms with van der Waals surface area (Å²) < 4.78 is 5.45. The van der Waals surface area contributed by atoms with E-state index in [1.165, 1.54) is 12.4 Å². The Morgan fingerprint density at radius 2 is 2.12 bits per heavy atom. The van der Waals surface area contributed by atoms with Gasteiger partial charge in [-0.1, -0.05) is 0 Å². The van der Waals surface area contributed by atoms with Crippen molar-refractivity contribution in [2.75, 3.05) is 37.9 Å². The highest BCUT2D eigenvalue weighted by molar-refractivity contribution is 5.98. The van der Waals surface area contributed by atoms with Gasteiger partial charge >= 0.3 is 6.03 Å². The Morgan fingerprint density at radius 3 is 2.88 bits per heavy atom. The van der Waals surface area contributed by atoms with Crippen molar-refractivity contribution in [2.24, 2.45) is 0 Å². The molecule has 0 saturated heterocycles. The van der Waals surface area contributed by atoms with Crippen LogP contribution in [0.4, 0.5) is 16.3 Å². The molecular formula is C15H20N6O3. The monoisotopic (exact) mass is 332 g/mol. The maximum atomic E-state index is 12.0. The zero-order valence-corrected chi connectivity index (χ0v) is 13.8. The van der Waals surface area contributed by atoms with E-state index in [4.69, 9.17) is 4.74 Å². The van der Waals surface area contributed by atoms with Gasteiger partial charge in [0.1, 0.15) is 12.3 Å². The number of urea groups is 1. The molecule has 0 bridgehead atoms. The minimum Gasteiger partial charge on any atom is -0.475 e. The third kappa shape index (κ3) is 5.36. The largest absolute Gasteiger partial charge is 0.475 e. The van der Waals surface area contributed by atoms with Gasteiger partial charge in [0, 0.05) is 12.7 Å². The summed E-state index contributed by atoms with van der Waals surface area (Å²) in [5.41, 5.74) is 0.586. The summed E-state index contributed by atoms with van der Waals surface area (Å²) >= 11 is 0. The minimum absolute atomic E-state index is 0.152. The first kappa shape index (κ1) is 17.4. The van der Waals surface area contributed by atoms with E-state index in [0.717, 1.165) is 12.1 Å². The molecule has 2 aromatic heterocycles. The lowest BCUT2D eigenvalue weighted by Gasteiger charge is -2.11. The summed E-state index contributed by atoms with van der Waals surface area (Å²) in [6.07, 6.45) is 4.41. The number of carbonyl (C=O) groups is 1. The summed E-state index contributed by atoms with van der Waals surface area (Å²) in [5, 5.41) is 4.98. The number of aromatic nitrogens is 3. The molecule has 0 atom stereocenters. The third-order valence-corrected chi connectivity index (χ3v) is 2.94. The Hall–Kier alpha value is -2.94. The molecule has 128 valence electrons. The standard InChI is InChI=1S/C15H20N6O3/c1-10-6-11(14(22)17-7-10)18-15(23)20-12-8-16-9-13(19-12)24-5-4-21(2)3/h6-9H,4-5H2,1-3H3,(H,17,22)(H2,18,19,20,23). The fourth-order valence-corrected chi connectivity index (χ4v) is 1.77. The molecule has 0 aliphatic heterocycles. The number of rotatable bonds is 6. The summed E-state index contributed by atoms with van der Waals surface area (Å²) in [6, 6.07) is 0.982. The second-order valence-corrected chi connectivity index (χ2v) is 5.39. The second-order valence-electron chi connectivity index (χ2n) is 5.39. The van der Waals surface area contributed by atoms with Gasteiger partial charge in [-0.3, -0.25) is 15.1 Å². The molecule has 0 fully saturated rings. The Labute approximate surface area is 139 Å². The number of ether oxygens (including phenoxy) is 1. The van der Waals surface area contributed by atoms with Crippen molar-refractivity contribution in [1.29, 1.82) is 0 Å². The van der Waals surface area contributed by atoms with Crippen LogP contribution in [0, 0.1) is 6.92 Å². The summed E-state index contributed by atoms with van der Waals surface area (Å²) in [5.74, 6) is 0.530. The first-order valence-electron chi connectivity index (χ1n) is 7.31. The van der Waals surface area contributed by atoms with Crippen molar-refractivity contribution in [3.8, 4) is 5.88 Å². The molecule has 24 heavy (non-hydrogen) atoms. The van der Waals surface area contributed by atoms with E-state index in [0.29, 0.717) is 12.5 Å². The van der Waals surface area contributed by atoms with Gasteiger partial charge < -0.3 is 19.9 Å². The van der Waals surface area contributed by atoms with Gasteiger partial charge in [0.25, 0.3) is 5.56 Å². The number of hydrogen-bond donors (Lipinski definition) is 3. The molecule has 0 aliphatic rings. The van der Waals surface area contributed by atoms with Crippen molar-refractivity contribution < 1.29 is 9.53 Å². The maximum Gasteiger partial charge on any atom is 0.325 e. The van der Waals surface area contributed by atoms with Crippen molar-refractivity contribution in [3.05, 3.63) is 40.6 Å². The molecule has 2 aromatic rings. The number of nitrogens with zero attached hydrogens (tertiary/aromatic N) is 3. The zero-order chi connectivity index (χ0) is 17.5. The molecule has 9 nitrogen and oxygen atoms in total. The fourth-order valence-electron chi connectivity index (χ4n) is 1.77. The number of anilines is 2. The highest BCUT2D eigenvalue weighted by Crippen LogP contribution is 2.10. The molecule has 2 heterocycles. The van der Waals surface area contributed by atoms with Gasteiger partial charge in [-0.2, -0.15) is 4.98 Å². The van der Waals surface area contributed by atoms with E-state index in [1.54, 1.807) is 19.2 Å². The van der Waals surface area contributed by atoms with Crippen molar-refractivity contribution in [2.45, 2.75) is 6.92 Å². The smallest absolute Gasteiger partial charge is 0.325 e. The lowest BCUT2D eigenvalue weighted by molar-refractivity contribution is 0.253. The molecule has 0 saturated carbocycles. The van der Waals surface area contributed by atoms with Gasteiger partial charge in [-0.05, 0) is 32.6 Å². The number of hydrogen-bond acceptors (Lipinski definition) is 6. The summed E-state index contributed by atoms with van der Waals surface area (Å²) in [6.45, 7) is 2.99. The predicted molar refractivity (Wildman–Crippen MR) is 90.5 cm³/mol. The van der Waals surface area contributed by atoms with Crippen molar-refractivity contribution in [3.63, 3.8) is 0 Å².